The van der Waals surface area contributed by atoms with Crippen molar-refractivity contribution in [3.63, 3.8) is 0 Å². The molecule has 0 saturated heterocycles. The second kappa shape index (κ2) is 8.44. The quantitative estimate of drug-likeness (QED) is 0.638. The van der Waals surface area contributed by atoms with Gasteiger partial charge in [-0.2, -0.15) is 0 Å². The SMILES string of the molecule is CCCCC1(CC)CN(c2ccccc2)c2cc(N(C)C)c(O)cc2SN1. The number of unbranched alkanes of at least 4 members (excludes halogenated alkanes) is 1. The molecule has 0 saturated carbocycles. The fraction of sp³-hybridized carbons (Fsp3) is 0.455. The molecule has 0 radical (unpaired) electrons. The van der Waals surface area contributed by atoms with Gasteiger partial charge in [0.15, 0.2) is 0 Å². The molecule has 0 fully saturated rings. The highest BCUT2D eigenvalue weighted by Crippen LogP contribution is 2.45. The van der Waals surface area contributed by atoms with Crippen molar-refractivity contribution in [1.29, 1.82) is 0 Å². The molecule has 1 atom stereocenters. The van der Waals surface area contributed by atoms with Crippen LogP contribution in [0.5, 0.6) is 5.75 Å². The zero-order valence-corrected chi connectivity index (χ0v) is 17.6. The van der Waals surface area contributed by atoms with Crippen LogP contribution >= 0.6 is 11.9 Å². The zero-order chi connectivity index (χ0) is 19.4. The summed E-state index contributed by atoms with van der Waals surface area (Å²) in [6.45, 7) is 5.43. The number of nitrogens with one attached hydrogen (secondary N) is 1. The number of nitrogens with zero attached hydrogens (tertiary/aromatic N) is 2. The largest absolute Gasteiger partial charge is 0.506 e. The molecule has 1 aliphatic heterocycles. The molecule has 0 amide bonds. The summed E-state index contributed by atoms with van der Waals surface area (Å²) in [7, 11) is 3.93. The van der Waals surface area contributed by atoms with Crippen LogP contribution < -0.4 is 14.5 Å². The van der Waals surface area contributed by atoms with Gasteiger partial charge in [0.05, 0.1) is 16.3 Å². The molecule has 0 spiro atoms. The first-order chi connectivity index (χ1) is 13.0. The van der Waals surface area contributed by atoms with Crippen LogP contribution in [0.1, 0.15) is 39.5 Å². The van der Waals surface area contributed by atoms with Gasteiger partial charge in [-0.15, -0.1) is 0 Å². The van der Waals surface area contributed by atoms with E-state index in [1.807, 2.05) is 25.1 Å². The van der Waals surface area contributed by atoms with E-state index >= 15 is 0 Å². The van der Waals surface area contributed by atoms with Crippen LogP contribution in [0, 0.1) is 0 Å². The number of hydrogen-bond donors (Lipinski definition) is 2. The number of aromatic hydroxyl groups is 1. The number of rotatable bonds is 6. The summed E-state index contributed by atoms with van der Waals surface area (Å²) >= 11 is 1.65. The fourth-order valence-corrected chi connectivity index (χ4v) is 4.71. The molecule has 0 aromatic heterocycles. The highest BCUT2D eigenvalue weighted by Gasteiger charge is 2.35. The fourth-order valence-electron chi connectivity index (χ4n) is 3.63. The Morgan fingerprint density at radius 3 is 2.56 bits per heavy atom. The van der Waals surface area contributed by atoms with Crippen LogP contribution in [0.15, 0.2) is 47.4 Å². The molecule has 0 aliphatic carbocycles. The van der Waals surface area contributed by atoms with Crippen molar-refractivity contribution in [3.8, 4) is 5.75 Å². The molecule has 5 heteroatoms. The summed E-state index contributed by atoms with van der Waals surface area (Å²) < 4.78 is 3.76. The van der Waals surface area contributed by atoms with Crippen molar-refractivity contribution in [2.45, 2.75) is 50.0 Å². The Morgan fingerprint density at radius 2 is 1.93 bits per heavy atom. The van der Waals surface area contributed by atoms with E-state index < -0.39 is 0 Å². The third-order valence-corrected chi connectivity index (χ3v) is 6.50. The van der Waals surface area contributed by atoms with Gasteiger partial charge in [-0.3, -0.25) is 4.72 Å². The topological polar surface area (TPSA) is 38.7 Å². The zero-order valence-electron chi connectivity index (χ0n) is 16.8. The Hall–Kier alpha value is -1.85. The smallest absolute Gasteiger partial charge is 0.140 e. The number of fused-ring (bicyclic) bond motifs is 1. The van der Waals surface area contributed by atoms with Crippen LogP contribution in [0.4, 0.5) is 17.1 Å². The number of anilines is 3. The van der Waals surface area contributed by atoms with E-state index in [0.717, 1.165) is 35.7 Å². The first-order valence-electron chi connectivity index (χ1n) is 9.80. The number of para-hydroxylation sites is 1. The van der Waals surface area contributed by atoms with Gasteiger partial charge in [-0.25, -0.2) is 0 Å². The van der Waals surface area contributed by atoms with Gasteiger partial charge in [0.2, 0.25) is 0 Å². The van der Waals surface area contributed by atoms with Gasteiger partial charge >= 0.3 is 0 Å². The maximum atomic E-state index is 10.5. The number of benzene rings is 2. The average Bonchev–Trinajstić information content (AvgIpc) is 2.84. The summed E-state index contributed by atoms with van der Waals surface area (Å²) in [6, 6.07) is 14.6. The van der Waals surface area contributed by atoms with Crippen molar-refractivity contribution >= 4 is 29.0 Å². The first-order valence-corrected chi connectivity index (χ1v) is 10.6. The van der Waals surface area contributed by atoms with E-state index in [9.17, 15) is 5.11 Å². The van der Waals surface area contributed by atoms with E-state index in [1.165, 1.54) is 18.5 Å². The maximum absolute atomic E-state index is 10.5. The third kappa shape index (κ3) is 4.19. The van der Waals surface area contributed by atoms with Crippen molar-refractivity contribution in [2.75, 3.05) is 30.4 Å². The molecular formula is C22H31N3OS. The van der Waals surface area contributed by atoms with E-state index in [4.69, 9.17) is 0 Å². The molecule has 2 N–H and O–H groups in total. The molecule has 0 bridgehead atoms. The van der Waals surface area contributed by atoms with Crippen LogP contribution in [0.3, 0.4) is 0 Å². The lowest BCUT2D eigenvalue weighted by atomic mass is 9.89. The normalized spacial score (nSPS) is 19.5. The molecule has 1 unspecified atom stereocenters. The minimum atomic E-state index is 0.0312. The Bertz CT molecular complexity index is 766. The molecule has 2 aromatic rings. The van der Waals surface area contributed by atoms with E-state index in [2.05, 4.69) is 59.9 Å². The molecule has 27 heavy (non-hydrogen) atoms. The van der Waals surface area contributed by atoms with Crippen LogP contribution in [0.25, 0.3) is 0 Å². The predicted molar refractivity (Wildman–Crippen MR) is 117 cm³/mol. The van der Waals surface area contributed by atoms with Gasteiger partial charge in [0.25, 0.3) is 0 Å². The number of phenolic OH excluding ortho intramolecular Hbond substituents is 1. The van der Waals surface area contributed by atoms with Crippen molar-refractivity contribution in [3.05, 3.63) is 42.5 Å². The lowest BCUT2D eigenvalue weighted by Gasteiger charge is -2.37. The molecular weight excluding hydrogens is 354 g/mol. The van der Waals surface area contributed by atoms with Crippen LogP contribution in [-0.4, -0.2) is 31.3 Å². The molecule has 3 rings (SSSR count). The highest BCUT2D eigenvalue weighted by molar-refractivity contribution is 7.97. The van der Waals surface area contributed by atoms with E-state index in [0.29, 0.717) is 5.75 Å². The second-order valence-corrected chi connectivity index (χ2v) is 8.41. The summed E-state index contributed by atoms with van der Waals surface area (Å²) in [4.78, 5) is 5.44. The average molecular weight is 386 g/mol. The minimum absolute atomic E-state index is 0.0312. The van der Waals surface area contributed by atoms with Gasteiger partial charge in [0, 0.05) is 31.9 Å². The van der Waals surface area contributed by atoms with Crippen LogP contribution in [-0.2, 0) is 0 Å². The van der Waals surface area contributed by atoms with Crippen molar-refractivity contribution in [1.82, 2.24) is 4.72 Å². The maximum Gasteiger partial charge on any atom is 0.140 e. The summed E-state index contributed by atoms with van der Waals surface area (Å²) in [6.07, 6.45) is 4.59. The van der Waals surface area contributed by atoms with E-state index in [-0.39, 0.29) is 5.54 Å². The molecule has 2 aromatic carbocycles. The number of phenols is 1. The molecule has 1 aliphatic rings. The van der Waals surface area contributed by atoms with Gasteiger partial charge < -0.3 is 14.9 Å². The molecule has 1 heterocycles. The third-order valence-electron chi connectivity index (χ3n) is 5.42. The summed E-state index contributed by atoms with van der Waals surface area (Å²) in [5, 5.41) is 10.5. The summed E-state index contributed by atoms with van der Waals surface area (Å²) in [5.74, 6) is 0.318. The standard InChI is InChI=1S/C22H31N3OS/c1-5-7-13-22(6-2)16-25(17-11-9-8-10-12-17)19-14-18(24(3)4)20(26)15-21(19)27-23-22/h8-12,14-15,23,26H,5-7,13,16H2,1-4H3. The Morgan fingerprint density at radius 1 is 1.19 bits per heavy atom. The monoisotopic (exact) mass is 385 g/mol. The van der Waals surface area contributed by atoms with Crippen molar-refractivity contribution < 1.29 is 5.11 Å². The Kier molecular flexibility index (Phi) is 6.22. The molecule has 4 nitrogen and oxygen atoms in total. The minimum Gasteiger partial charge on any atom is -0.506 e. The predicted octanol–water partition coefficient (Wildman–Crippen LogP) is 5.55. The van der Waals surface area contributed by atoms with E-state index in [1.54, 1.807) is 11.9 Å². The van der Waals surface area contributed by atoms with Gasteiger partial charge in [0.1, 0.15) is 5.75 Å². The molecule has 146 valence electrons. The lowest BCUT2D eigenvalue weighted by molar-refractivity contribution is 0.351. The van der Waals surface area contributed by atoms with Crippen LogP contribution in [0.2, 0.25) is 0 Å². The Balaban J connectivity index is 2.11. The van der Waals surface area contributed by atoms with Crippen molar-refractivity contribution in [2.24, 2.45) is 0 Å². The van der Waals surface area contributed by atoms with Gasteiger partial charge in [-0.05, 0) is 49.1 Å². The Labute approximate surface area is 167 Å². The highest BCUT2D eigenvalue weighted by atomic mass is 32.2. The summed E-state index contributed by atoms with van der Waals surface area (Å²) in [5.41, 5.74) is 3.20. The lowest BCUT2D eigenvalue weighted by Crippen LogP contribution is -2.48. The van der Waals surface area contributed by atoms with Gasteiger partial charge in [-0.1, -0.05) is 44.9 Å². The number of hydrogen-bond acceptors (Lipinski definition) is 5. The second-order valence-electron chi connectivity index (χ2n) is 7.57. The first kappa shape index (κ1) is 19.9.